The molecule has 1 fully saturated rings. The predicted octanol–water partition coefficient (Wildman–Crippen LogP) is 2.06. The highest BCUT2D eigenvalue weighted by Crippen LogP contribution is 2.17. The first kappa shape index (κ1) is 13.5. The van der Waals surface area contributed by atoms with Crippen molar-refractivity contribution in [3.8, 4) is 0 Å². The molecule has 1 heterocycles. The van der Waals surface area contributed by atoms with Crippen molar-refractivity contribution in [3.05, 3.63) is 34.9 Å². The molecule has 0 aliphatic carbocycles. The molecule has 2 atom stereocenters. The maximum Gasteiger partial charge on any atom is 0.0678 e. The van der Waals surface area contributed by atoms with Crippen LogP contribution in [0.25, 0.3) is 0 Å². The molecule has 2 rings (SSSR count). The van der Waals surface area contributed by atoms with Crippen LogP contribution in [0, 0.1) is 6.92 Å². The van der Waals surface area contributed by atoms with E-state index in [2.05, 4.69) is 43.9 Å². The van der Waals surface area contributed by atoms with Crippen molar-refractivity contribution in [2.75, 3.05) is 13.1 Å². The topological polar surface area (TPSA) is 38.5 Å². The second kappa shape index (κ2) is 5.83. The Kier molecular flexibility index (Phi) is 4.38. The van der Waals surface area contributed by atoms with Gasteiger partial charge >= 0.3 is 0 Å². The van der Waals surface area contributed by atoms with Crippen molar-refractivity contribution in [2.45, 2.75) is 46.1 Å². The van der Waals surface area contributed by atoms with Crippen molar-refractivity contribution in [1.29, 1.82) is 0 Å². The van der Waals surface area contributed by atoms with Crippen LogP contribution in [-0.2, 0) is 17.8 Å². The second-order valence-corrected chi connectivity index (χ2v) is 5.42. The van der Waals surface area contributed by atoms with Crippen LogP contribution in [0.4, 0.5) is 0 Å². The summed E-state index contributed by atoms with van der Waals surface area (Å²) < 4.78 is 5.76. The lowest BCUT2D eigenvalue weighted by molar-refractivity contribution is -0.0705. The van der Waals surface area contributed by atoms with Gasteiger partial charge in [-0.3, -0.25) is 4.90 Å². The first-order valence-electron chi connectivity index (χ1n) is 6.74. The highest BCUT2D eigenvalue weighted by Gasteiger charge is 2.22. The summed E-state index contributed by atoms with van der Waals surface area (Å²) in [6, 6.07) is 6.54. The normalized spacial score (nSPS) is 25.3. The Hall–Kier alpha value is -0.900. The average Bonchev–Trinajstić information content (AvgIpc) is 2.30. The third-order valence-electron chi connectivity index (χ3n) is 3.53. The van der Waals surface area contributed by atoms with Crippen molar-refractivity contribution in [2.24, 2.45) is 5.73 Å². The van der Waals surface area contributed by atoms with Gasteiger partial charge in [-0.05, 0) is 37.5 Å². The van der Waals surface area contributed by atoms with Gasteiger partial charge < -0.3 is 10.5 Å². The highest BCUT2D eigenvalue weighted by atomic mass is 16.5. The fourth-order valence-electron chi connectivity index (χ4n) is 2.72. The lowest BCUT2D eigenvalue weighted by Crippen LogP contribution is -2.44. The van der Waals surface area contributed by atoms with E-state index >= 15 is 0 Å². The Morgan fingerprint density at radius 2 is 1.94 bits per heavy atom. The first-order valence-corrected chi connectivity index (χ1v) is 6.74. The Balaban J connectivity index is 2.04. The van der Waals surface area contributed by atoms with Crippen molar-refractivity contribution < 1.29 is 4.74 Å². The van der Waals surface area contributed by atoms with Crippen LogP contribution in [0.1, 0.15) is 30.5 Å². The summed E-state index contributed by atoms with van der Waals surface area (Å²) >= 11 is 0. The fourth-order valence-corrected chi connectivity index (χ4v) is 2.72. The van der Waals surface area contributed by atoms with Crippen molar-refractivity contribution in [3.63, 3.8) is 0 Å². The molecule has 18 heavy (non-hydrogen) atoms. The molecule has 3 nitrogen and oxygen atoms in total. The maximum atomic E-state index is 5.76. The summed E-state index contributed by atoms with van der Waals surface area (Å²) in [6.07, 6.45) is 0.662. The molecule has 3 heteroatoms. The number of aryl methyl sites for hydroxylation is 1. The van der Waals surface area contributed by atoms with Crippen LogP contribution in [-0.4, -0.2) is 30.2 Å². The number of rotatable bonds is 3. The number of hydrogen-bond acceptors (Lipinski definition) is 3. The van der Waals surface area contributed by atoms with Crippen LogP contribution in [0.5, 0.6) is 0 Å². The SMILES string of the molecule is Cc1cc(CN)ccc1CN1C[C@@H](C)O[C@@H](C)C1. The first-order chi connectivity index (χ1) is 8.58. The highest BCUT2D eigenvalue weighted by molar-refractivity contribution is 5.31. The second-order valence-electron chi connectivity index (χ2n) is 5.42. The molecule has 0 amide bonds. The van der Waals surface area contributed by atoms with E-state index in [1.165, 1.54) is 16.7 Å². The number of ether oxygens (including phenoxy) is 1. The van der Waals surface area contributed by atoms with Gasteiger partial charge in [0.15, 0.2) is 0 Å². The molecule has 0 aromatic heterocycles. The zero-order valence-corrected chi connectivity index (χ0v) is 11.6. The van der Waals surface area contributed by atoms with E-state index < -0.39 is 0 Å². The van der Waals surface area contributed by atoms with Gasteiger partial charge in [0.1, 0.15) is 0 Å². The zero-order chi connectivity index (χ0) is 13.1. The Morgan fingerprint density at radius 1 is 1.28 bits per heavy atom. The van der Waals surface area contributed by atoms with E-state index in [1.807, 2.05) is 0 Å². The summed E-state index contributed by atoms with van der Waals surface area (Å²) in [5.74, 6) is 0. The van der Waals surface area contributed by atoms with Crippen LogP contribution in [0.2, 0.25) is 0 Å². The smallest absolute Gasteiger partial charge is 0.0678 e. The van der Waals surface area contributed by atoms with Crippen molar-refractivity contribution >= 4 is 0 Å². The van der Waals surface area contributed by atoms with Crippen LogP contribution >= 0.6 is 0 Å². The molecule has 100 valence electrons. The van der Waals surface area contributed by atoms with Gasteiger partial charge in [-0.15, -0.1) is 0 Å². The minimum absolute atomic E-state index is 0.331. The minimum Gasteiger partial charge on any atom is -0.373 e. The predicted molar refractivity (Wildman–Crippen MR) is 74.4 cm³/mol. The van der Waals surface area contributed by atoms with Crippen LogP contribution in [0.15, 0.2) is 18.2 Å². The van der Waals surface area contributed by atoms with Gasteiger partial charge in [-0.2, -0.15) is 0 Å². The number of benzene rings is 1. The van der Waals surface area contributed by atoms with Gasteiger partial charge in [-0.25, -0.2) is 0 Å². The van der Waals surface area contributed by atoms with Gasteiger partial charge in [0.2, 0.25) is 0 Å². The summed E-state index contributed by atoms with van der Waals surface area (Å²) in [6.45, 7) is 10.1. The molecule has 0 unspecified atom stereocenters. The molecule has 1 aliphatic rings. The minimum atomic E-state index is 0.331. The zero-order valence-electron chi connectivity index (χ0n) is 11.6. The molecular weight excluding hydrogens is 224 g/mol. The summed E-state index contributed by atoms with van der Waals surface area (Å²) in [5.41, 5.74) is 9.61. The third-order valence-corrected chi connectivity index (χ3v) is 3.53. The number of nitrogens with zero attached hydrogens (tertiary/aromatic N) is 1. The van der Waals surface area contributed by atoms with E-state index in [0.717, 1.165) is 19.6 Å². The van der Waals surface area contributed by atoms with E-state index in [-0.39, 0.29) is 0 Å². The largest absolute Gasteiger partial charge is 0.373 e. The van der Waals surface area contributed by atoms with E-state index in [9.17, 15) is 0 Å². The molecule has 1 saturated heterocycles. The Labute approximate surface area is 110 Å². The molecule has 1 aliphatic heterocycles. The molecule has 0 radical (unpaired) electrons. The van der Waals surface area contributed by atoms with Gasteiger partial charge in [0.25, 0.3) is 0 Å². The lowest BCUT2D eigenvalue weighted by atomic mass is 10.0. The van der Waals surface area contributed by atoms with Crippen LogP contribution < -0.4 is 5.73 Å². The number of hydrogen-bond donors (Lipinski definition) is 1. The molecule has 0 bridgehead atoms. The Bertz CT molecular complexity index is 395. The monoisotopic (exact) mass is 248 g/mol. The van der Waals surface area contributed by atoms with Crippen LogP contribution in [0.3, 0.4) is 0 Å². The molecule has 0 saturated carbocycles. The average molecular weight is 248 g/mol. The van der Waals surface area contributed by atoms with E-state index in [4.69, 9.17) is 10.5 Å². The van der Waals surface area contributed by atoms with Gasteiger partial charge in [0, 0.05) is 26.2 Å². The molecule has 1 aromatic carbocycles. The summed E-state index contributed by atoms with van der Waals surface area (Å²) in [4.78, 5) is 2.48. The Morgan fingerprint density at radius 3 is 2.50 bits per heavy atom. The summed E-state index contributed by atoms with van der Waals surface area (Å²) in [7, 11) is 0. The van der Waals surface area contributed by atoms with Crippen molar-refractivity contribution in [1.82, 2.24) is 4.90 Å². The standard InChI is InChI=1S/C15H24N2O/c1-11-6-14(7-16)4-5-15(11)10-17-8-12(2)18-13(3)9-17/h4-6,12-13H,7-10,16H2,1-3H3/t12-,13+. The fraction of sp³-hybridized carbons (Fsp3) is 0.600. The molecule has 2 N–H and O–H groups in total. The number of nitrogens with two attached hydrogens (primary N) is 1. The summed E-state index contributed by atoms with van der Waals surface area (Å²) in [5, 5.41) is 0. The quantitative estimate of drug-likeness (QED) is 0.890. The number of morpholine rings is 1. The lowest BCUT2D eigenvalue weighted by Gasteiger charge is -2.35. The molecular formula is C15H24N2O. The van der Waals surface area contributed by atoms with Gasteiger partial charge in [-0.1, -0.05) is 18.2 Å². The van der Waals surface area contributed by atoms with Gasteiger partial charge in [0.05, 0.1) is 12.2 Å². The molecule has 1 aromatic rings. The van der Waals surface area contributed by atoms with E-state index in [0.29, 0.717) is 18.8 Å². The maximum absolute atomic E-state index is 5.76. The molecule has 0 spiro atoms. The third kappa shape index (κ3) is 3.31. The van der Waals surface area contributed by atoms with E-state index in [1.54, 1.807) is 0 Å².